The molecule has 1 heterocycles. The van der Waals surface area contributed by atoms with E-state index in [-0.39, 0.29) is 11.6 Å². The standard InChI is InChI=1S/C18H12BrF2N3O3S/c19-12-7-11(9-22-10-12)18(25)23-13-1-3-14(4-2-13)24-28(26,27)15-5-6-16(20)17(21)8-15/h1-10,24H,(H,23,25). The summed E-state index contributed by atoms with van der Waals surface area (Å²) >= 11 is 3.23. The molecule has 0 bridgehead atoms. The molecule has 3 aromatic rings. The fourth-order valence-electron chi connectivity index (χ4n) is 2.22. The molecule has 0 aliphatic rings. The molecule has 0 fully saturated rings. The van der Waals surface area contributed by atoms with E-state index in [0.717, 1.165) is 12.1 Å². The third kappa shape index (κ3) is 4.70. The first-order valence-corrected chi connectivity index (χ1v) is 10.0. The number of benzene rings is 2. The minimum atomic E-state index is -4.09. The van der Waals surface area contributed by atoms with Crippen LogP contribution in [-0.2, 0) is 10.0 Å². The number of pyridine rings is 1. The van der Waals surface area contributed by atoms with Crippen LogP contribution < -0.4 is 10.0 Å². The Labute approximate surface area is 167 Å². The summed E-state index contributed by atoms with van der Waals surface area (Å²) in [5, 5.41) is 2.65. The van der Waals surface area contributed by atoms with Crippen LogP contribution in [0.3, 0.4) is 0 Å². The topological polar surface area (TPSA) is 88.2 Å². The fraction of sp³-hybridized carbons (Fsp3) is 0. The van der Waals surface area contributed by atoms with Gasteiger partial charge in [0.1, 0.15) is 0 Å². The van der Waals surface area contributed by atoms with E-state index in [4.69, 9.17) is 0 Å². The van der Waals surface area contributed by atoms with Gasteiger partial charge >= 0.3 is 0 Å². The molecule has 1 aromatic heterocycles. The Hall–Kier alpha value is -2.85. The Morgan fingerprint density at radius 1 is 0.929 bits per heavy atom. The number of nitrogens with zero attached hydrogens (tertiary/aromatic N) is 1. The van der Waals surface area contributed by atoms with Crippen LogP contribution in [0.4, 0.5) is 20.2 Å². The van der Waals surface area contributed by atoms with Crippen molar-refractivity contribution in [3.05, 3.63) is 82.6 Å². The smallest absolute Gasteiger partial charge is 0.261 e. The lowest BCUT2D eigenvalue weighted by Gasteiger charge is -2.10. The maximum atomic E-state index is 13.3. The van der Waals surface area contributed by atoms with Crippen molar-refractivity contribution < 1.29 is 22.0 Å². The molecule has 28 heavy (non-hydrogen) atoms. The summed E-state index contributed by atoms with van der Waals surface area (Å²) in [7, 11) is -4.09. The van der Waals surface area contributed by atoms with Gasteiger partial charge in [-0.05, 0) is 64.5 Å². The zero-order valence-corrected chi connectivity index (χ0v) is 16.4. The Morgan fingerprint density at radius 2 is 1.61 bits per heavy atom. The molecule has 2 aromatic carbocycles. The van der Waals surface area contributed by atoms with Crippen molar-refractivity contribution >= 4 is 43.2 Å². The summed E-state index contributed by atoms with van der Waals surface area (Å²) in [4.78, 5) is 15.7. The molecule has 3 rings (SSSR count). The van der Waals surface area contributed by atoms with E-state index >= 15 is 0 Å². The van der Waals surface area contributed by atoms with E-state index in [1.54, 1.807) is 12.3 Å². The largest absolute Gasteiger partial charge is 0.322 e. The zero-order valence-electron chi connectivity index (χ0n) is 14.0. The van der Waals surface area contributed by atoms with Crippen molar-refractivity contribution in [3.63, 3.8) is 0 Å². The molecule has 0 atom stereocenters. The van der Waals surface area contributed by atoms with Crippen molar-refractivity contribution in [2.45, 2.75) is 4.90 Å². The van der Waals surface area contributed by atoms with Gasteiger partial charge < -0.3 is 5.32 Å². The van der Waals surface area contributed by atoms with Crippen molar-refractivity contribution in [1.82, 2.24) is 4.98 Å². The van der Waals surface area contributed by atoms with Crippen LogP contribution in [-0.4, -0.2) is 19.3 Å². The number of anilines is 2. The Bertz CT molecular complexity index is 1140. The highest BCUT2D eigenvalue weighted by atomic mass is 79.9. The van der Waals surface area contributed by atoms with Crippen LogP contribution in [0.15, 0.2) is 70.3 Å². The fourth-order valence-corrected chi connectivity index (χ4v) is 3.65. The number of hydrogen-bond acceptors (Lipinski definition) is 4. The predicted octanol–water partition coefficient (Wildman–Crippen LogP) is 4.18. The molecule has 0 aliphatic heterocycles. The van der Waals surface area contributed by atoms with Gasteiger partial charge in [-0.2, -0.15) is 0 Å². The lowest BCUT2D eigenvalue weighted by atomic mass is 10.2. The lowest BCUT2D eigenvalue weighted by molar-refractivity contribution is 0.102. The molecule has 10 heteroatoms. The van der Waals surface area contributed by atoms with E-state index in [1.165, 1.54) is 30.5 Å². The normalized spacial score (nSPS) is 11.1. The first-order chi connectivity index (χ1) is 13.2. The van der Waals surface area contributed by atoms with Gasteiger partial charge in [0.25, 0.3) is 15.9 Å². The Morgan fingerprint density at radius 3 is 2.25 bits per heavy atom. The summed E-state index contributed by atoms with van der Waals surface area (Å²) in [6, 6.07) is 9.73. The Kier molecular flexibility index (Phi) is 5.71. The molecule has 0 spiro atoms. The van der Waals surface area contributed by atoms with Crippen molar-refractivity contribution in [2.24, 2.45) is 0 Å². The molecular formula is C18H12BrF2N3O3S. The predicted molar refractivity (Wildman–Crippen MR) is 103 cm³/mol. The van der Waals surface area contributed by atoms with Crippen LogP contribution in [0.1, 0.15) is 10.4 Å². The van der Waals surface area contributed by atoms with Crippen LogP contribution in [0.5, 0.6) is 0 Å². The van der Waals surface area contributed by atoms with Crippen molar-refractivity contribution in [1.29, 1.82) is 0 Å². The molecule has 0 aliphatic carbocycles. The Balaban J connectivity index is 1.72. The number of aromatic nitrogens is 1. The lowest BCUT2D eigenvalue weighted by Crippen LogP contribution is -2.14. The monoisotopic (exact) mass is 467 g/mol. The average Bonchev–Trinajstić information content (AvgIpc) is 2.65. The number of nitrogens with one attached hydrogen (secondary N) is 2. The van der Waals surface area contributed by atoms with Gasteiger partial charge in [-0.25, -0.2) is 17.2 Å². The molecule has 2 N–H and O–H groups in total. The number of halogens is 3. The average molecular weight is 468 g/mol. The minimum Gasteiger partial charge on any atom is -0.322 e. The molecule has 0 radical (unpaired) electrons. The molecule has 6 nitrogen and oxygen atoms in total. The highest BCUT2D eigenvalue weighted by Crippen LogP contribution is 2.20. The summed E-state index contributed by atoms with van der Waals surface area (Å²) in [5.74, 6) is -2.79. The van der Waals surface area contributed by atoms with Crippen LogP contribution in [0.25, 0.3) is 0 Å². The van der Waals surface area contributed by atoms with E-state index in [1.807, 2.05) is 0 Å². The third-order valence-corrected chi connectivity index (χ3v) is 5.38. The quantitative estimate of drug-likeness (QED) is 0.589. The first-order valence-electron chi connectivity index (χ1n) is 7.74. The van der Waals surface area contributed by atoms with E-state index < -0.39 is 26.6 Å². The number of carbonyl (C=O) groups is 1. The van der Waals surface area contributed by atoms with Crippen molar-refractivity contribution in [2.75, 3.05) is 10.0 Å². The van der Waals surface area contributed by atoms with Crippen LogP contribution in [0, 0.1) is 11.6 Å². The maximum Gasteiger partial charge on any atom is 0.261 e. The number of rotatable bonds is 5. The zero-order chi connectivity index (χ0) is 20.3. The van der Waals surface area contributed by atoms with Crippen LogP contribution >= 0.6 is 15.9 Å². The summed E-state index contributed by atoms with van der Waals surface area (Å²) in [5.41, 5.74) is 0.963. The molecule has 0 unspecified atom stereocenters. The SMILES string of the molecule is O=C(Nc1ccc(NS(=O)(=O)c2ccc(F)c(F)c2)cc1)c1cncc(Br)c1. The van der Waals surface area contributed by atoms with Gasteiger partial charge in [0.15, 0.2) is 11.6 Å². The van der Waals surface area contributed by atoms with Gasteiger partial charge in [0.2, 0.25) is 0 Å². The van der Waals surface area contributed by atoms with Crippen LogP contribution in [0.2, 0.25) is 0 Å². The molecule has 0 saturated carbocycles. The second kappa shape index (κ2) is 8.03. The maximum absolute atomic E-state index is 13.3. The van der Waals surface area contributed by atoms with E-state index in [9.17, 15) is 22.0 Å². The van der Waals surface area contributed by atoms with E-state index in [0.29, 0.717) is 21.8 Å². The minimum absolute atomic E-state index is 0.187. The first kappa shape index (κ1) is 19.9. The van der Waals surface area contributed by atoms with Gasteiger partial charge in [-0.1, -0.05) is 0 Å². The van der Waals surface area contributed by atoms with E-state index in [2.05, 4.69) is 31.0 Å². The highest BCUT2D eigenvalue weighted by Gasteiger charge is 2.17. The second-order valence-corrected chi connectivity index (χ2v) is 8.20. The summed E-state index contributed by atoms with van der Waals surface area (Å²) < 4.78 is 53.7. The van der Waals surface area contributed by atoms with Gasteiger partial charge in [-0.3, -0.25) is 14.5 Å². The molecule has 1 amide bonds. The third-order valence-electron chi connectivity index (χ3n) is 3.56. The summed E-state index contributed by atoms with van der Waals surface area (Å²) in [6.45, 7) is 0. The molecule has 144 valence electrons. The molecular weight excluding hydrogens is 456 g/mol. The molecule has 0 saturated heterocycles. The highest BCUT2D eigenvalue weighted by molar-refractivity contribution is 9.10. The number of hydrogen-bond donors (Lipinski definition) is 2. The summed E-state index contributed by atoms with van der Waals surface area (Å²) in [6.07, 6.45) is 2.95. The second-order valence-electron chi connectivity index (χ2n) is 5.60. The number of sulfonamides is 1. The number of carbonyl (C=O) groups excluding carboxylic acids is 1. The van der Waals surface area contributed by atoms with Gasteiger partial charge in [0.05, 0.1) is 10.5 Å². The van der Waals surface area contributed by atoms with Gasteiger partial charge in [-0.15, -0.1) is 0 Å². The van der Waals surface area contributed by atoms with Crippen molar-refractivity contribution in [3.8, 4) is 0 Å². The van der Waals surface area contributed by atoms with Gasteiger partial charge in [0, 0.05) is 28.2 Å². The number of amides is 1.